The first-order chi connectivity index (χ1) is 25.2. The molecule has 2 fully saturated rings. The first-order valence-corrected chi connectivity index (χ1v) is 18.5. The smallest absolute Gasteiger partial charge is 0.289 e. The van der Waals surface area contributed by atoms with Crippen LogP contribution in [-0.4, -0.2) is 77.7 Å². The molecule has 53 heavy (non-hydrogen) atoms. The Morgan fingerprint density at radius 3 is 2.45 bits per heavy atom. The van der Waals surface area contributed by atoms with E-state index in [1.807, 2.05) is 82.3 Å². The van der Waals surface area contributed by atoms with Crippen molar-refractivity contribution in [2.45, 2.75) is 89.6 Å². The number of fused-ring (bicyclic) bond motifs is 1. The summed E-state index contributed by atoms with van der Waals surface area (Å²) in [6, 6.07) is 15.2. The fourth-order valence-corrected chi connectivity index (χ4v) is 7.22. The number of rotatable bonds is 12. The Labute approximate surface area is 314 Å². The molecule has 5 N–H and O–H groups in total. The summed E-state index contributed by atoms with van der Waals surface area (Å²) in [5.74, 6) is -3.00. The van der Waals surface area contributed by atoms with E-state index in [2.05, 4.69) is 26.7 Å². The molecule has 1 aliphatic carbocycles. The highest BCUT2D eigenvalue weighted by Crippen LogP contribution is 2.39. The lowest BCUT2D eigenvalue weighted by Crippen LogP contribution is -2.59. The summed E-state index contributed by atoms with van der Waals surface area (Å²) in [4.78, 5) is 77.0. The monoisotopic (exact) mass is 742 g/mol. The Kier molecular flexibility index (Phi) is 10.8. The molecule has 3 aromatic carbocycles. The summed E-state index contributed by atoms with van der Waals surface area (Å²) in [6.45, 7) is 7.36. The van der Waals surface area contributed by atoms with Gasteiger partial charge in [-0.05, 0) is 59.7 Å². The van der Waals surface area contributed by atoms with Crippen LogP contribution in [0.3, 0.4) is 0 Å². The fourth-order valence-electron chi connectivity index (χ4n) is 7.03. The van der Waals surface area contributed by atoms with E-state index in [1.54, 1.807) is 19.2 Å². The Morgan fingerprint density at radius 1 is 1.02 bits per heavy atom. The standard InChI is InChI=1S/C40H47ClN6O6/c1-6-10-29(33(48)37(51)43-26-16-17-26)44-35(49)31-21-40(20-30(46-53-40)24-12-9-13-25(41)19-24)22-47(31)38(52)34(39(2,3)4)45-36(50)32-27-14-8-7-11-23(27)15-18-28(32)42-5/h7-9,11-15,18-20,26,29,31,34,42,46H,6,10,16-17,21-22H2,1-5H3,(H,43,51)(H,44,49)(H,45,50)/t29-,31-,34+,40+/m0/s1. The number of halogens is 1. The average molecular weight is 743 g/mol. The summed E-state index contributed by atoms with van der Waals surface area (Å²) in [7, 11) is 1.73. The molecule has 4 amide bonds. The van der Waals surface area contributed by atoms with Crippen LogP contribution in [0.4, 0.5) is 5.69 Å². The lowest BCUT2D eigenvalue weighted by atomic mass is 9.85. The molecule has 3 aliphatic rings. The number of carbonyl (C=O) groups is 5. The van der Waals surface area contributed by atoms with Gasteiger partial charge in [0.25, 0.3) is 11.8 Å². The highest BCUT2D eigenvalue weighted by molar-refractivity contribution is 6.38. The molecule has 0 radical (unpaired) electrons. The van der Waals surface area contributed by atoms with Gasteiger partial charge in [-0.2, -0.15) is 0 Å². The number of ketones is 1. The number of anilines is 1. The number of likely N-dealkylation sites (tertiary alicyclic amines) is 1. The van der Waals surface area contributed by atoms with Crippen LogP contribution >= 0.6 is 11.6 Å². The van der Waals surface area contributed by atoms with Crippen LogP contribution < -0.4 is 26.7 Å². The number of hydrogen-bond acceptors (Lipinski definition) is 8. The maximum absolute atomic E-state index is 14.9. The van der Waals surface area contributed by atoms with E-state index in [-0.39, 0.29) is 25.4 Å². The van der Waals surface area contributed by atoms with Gasteiger partial charge in [0, 0.05) is 35.8 Å². The van der Waals surface area contributed by atoms with Crippen molar-refractivity contribution in [3.8, 4) is 0 Å². The van der Waals surface area contributed by atoms with Crippen molar-refractivity contribution >= 4 is 63.2 Å². The predicted octanol–water partition coefficient (Wildman–Crippen LogP) is 4.73. The summed E-state index contributed by atoms with van der Waals surface area (Å²) in [5, 5.41) is 13.7. The molecule has 4 atom stereocenters. The van der Waals surface area contributed by atoms with Crippen molar-refractivity contribution in [1.82, 2.24) is 26.3 Å². The normalized spacial score (nSPS) is 20.7. The summed E-state index contributed by atoms with van der Waals surface area (Å²) in [6.07, 6.45) is 4.28. The van der Waals surface area contributed by atoms with Crippen molar-refractivity contribution < 1.29 is 28.8 Å². The zero-order valence-electron chi connectivity index (χ0n) is 30.7. The van der Waals surface area contributed by atoms with Crippen molar-refractivity contribution in [2.24, 2.45) is 5.41 Å². The van der Waals surface area contributed by atoms with E-state index in [1.165, 1.54) is 4.90 Å². The quantitative estimate of drug-likeness (QED) is 0.167. The number of hydroxylamine groups is 1. The molecule has 2 heterocycles. The largest absolute Gasteiger partial charge is 0.387 e. The van der Waals surface area contributed by atoms with Gasteiger partial charge in [0.1, 0.15) is 17.7 Å². The Morgan fingerprint density at radius 2 is 1.77 bits per heavy atom. The lowest BCUT2D eigenvalue weighted by molar-refractivity contribution is -0.144. The molecule has 13 heteroatoms. The number of Topliss-reactive ketones (excluding diaryl/α,β-unsaturated/α-hetero) is 1. The molecule has 0 bridgehead atoms. The van der Waals surface area contributed by atoms with Gasteiger partial charge in [-0.25, -0.2) is 0 Å². The molecule has 2 aliphatic heterocycles. The third kappa shape index (κ3) is 8.18. The average Bonchev–Trinajstić information content (AvgIpc) is 3.72. The summed E-state index contributed by atoms with van der Waals surface area (Å²) < 4.78 is 0. The molecule has 6 rings (SSSR count). The topological polar surface area (TPSA) is 158 Å². The van der Waals surface area contributed by atoms with Crippen LogP contribution in [0.15, 0.2) is 66.7 Å². The van der Waals surface area contributed by atoms with Gasteiger partial charge in [-0.1, -0.05) is 88.2 Å². The van der Waals surface area contributed by atoms with Gasteiger partial charge < -0.3 is 26.2 Å². The molecule has 1 saturated carbocycles. The van der Waals surface area contributed by atoms with Gasteiger partial charge in [0.05, 0.1) is 23.8 Å². The summed E-state index contributed by atoms with van der Waals surface area (Å²) in [5.41, 5.74) is 3.39. The molecular weight excluding hydrogens is 696 g/mol. The summed E-state index contributed by atoms with van der Waals surface area (Å²) >= 11 is 6.28. The van der Waals surface area contributed by atoms with E-state index in [9.17, 15) is 24.0 Å². The Balaban J connectivity index is 1.33. The second-order valence-electron chi connectivity index (χ2n) is 15.2. The third-order valence-corrected chi connectivity index (χ3v) is 10.2. The first-order valence-electron chi connectivity index (χ1n) is 18.1. The van der Waals surface area contributed by atoms with Crippen molar-refractivity contribution in [2.75, 3.05) is 18.9 Å². The van der Waals surface area contributed by atoms with Crippen molar-refractivity contribution in [3.05, 3.63) is 82.9 Å². The number of amides is 4. The molecule has 0 aromatic heterocycles. The minimum absolute atomic E-state index is 0.0256. The maximum Gasteiger partial charge on any atom is 0.289 e. The predicted molar refractivity (Wildman–Crippen MR) is 204 cm³/mol. The highest BCUT2D eigenvalue weighted by Gasteiger charge is 2.54. The first kappa shape index (κ1) is 37.8. The zero-order valence-corrected chi connectivity index (χ0v) is 31.4. The minimum Gasteiger partial charge on any atom is -0.387 e. The Hall–Kier alpha value is -4.94. The van der Waals surface area contributed by atoms with Crippen LogP contribution in [-0.2, 0) is 24.0 Å². The zero-order chi connectivity index (χ0) is 38.1. The van der Waals surface area contributed by atoms with Gasteiger partial charge >= 0.3 is 0 Å². The SMILES string of the molecule is CCC[C@H](NC(=O)[C@@H]1C[C@]2(C=C(c3cccc(Cl)c3)NO2)CN1C(=O)[C@@H](NC(=O)c1c(NC)ccc2ccccc12)C(C)(C)C)C(=O)C(=O)NC1CC1. The molecule has 1 saturated heterocycles. The van der Waals surface area contributed by atoms with Crippen LogP contribution in [0.25, 0.3) is 16.5 Å². The fraction of sp³-hybridized carbons (Fsp3) is 0.425. The van der Waals surface area contributed by atoms with E-state index in [0.29, 0.717) is 28.4 Å². The lowest BCUT2D eigenvalue weighted by Gasteiger charge is -2.36. The molecule has 3 aromatic rings. The Bertz CT molecular complexity index is 1970. The minimum atomic E-state index is -1.13. The van der Waals surface area contributed by atoms with Crippen LogP contribution in [0, 0.1) is 5.41 Å². The van der Waals surface area contributed by atoms with Gasteiger partial charge in [0.15, 0.2) is 0 Å². The number of carbonyl (C=O) groups excluding carboxylic acids is 5. The number of benzene rings is 3. The second kappa shape index (κ2) is 15.2. The van der Waals surface area contributed by atoms with E-state index < -0.39 is 58.6 Å². The highest BCUT2D eigenvalue weighted by atomic mass is 35.5. The van der Waals surface area contributed by atoms with Crippen molar-refractivity contribution in [3.63, 3.8) is 0 Å². The van der Waals surface area contributed by atoms with Gasteiger partial charge in [0.2, 0.25) is 17.6 Å². The van der Waals surface area contributed by atoms with E-state index >= 15 is 0 Å². The van der Waals surface area contributed by atoms with E-state index in [4.69, 9.17) is 16.4 Å². The number of hydrogen-bond donors (Lipinski definition) is 5. The molecule has 280 valence electrons. The second-order valence-corrected chi connectivity index (χ2v) is 15.7. The van der Waals surface area contributed by atoms with Crippen LogP contribution in [0.5, 0.6) is 0 Å². The van der Waals surface area contributed by atoms with Gasteiger partial charge in [-0.3, -0.25) is 34.3 Å². The number of nitrogens with one attached hydrogen (secondary N) is 5. The van der Waals surface area contributed by atoms with Crippen molar-refractivity contribution in [1.29, 1.82) is 0 Å². The number of nitrogens with zero attached hydrogens (tertiary/aromatic N) is 1. The third-order valence-electron chi connectivity index (χ3n) is 10.0. The molecule has 12 nitrogen and oxygen atoms in total. The van der Waals surface area contributed by atoms with Gasteiger partial charge in [-0.15, -0.1) is 0 Å². The molecule has 1 spiro atoms. The maximum atomic E-state index is 14.9. The van der Waals surface area contributed by atoms with Crippen LogP contribution in [0.2, 0.25) is 5.02 Å². The molecular formula is C40H47ClN6O6. The van der Waals surface area contributed by atoms with E-state index in [0.717, 1.165) is 29.2 Å². The molecule has 0 unspecified atom stereocenters. The van der Waals surface area contributed by atoms with Crippen LogP contribution in [0.1, 0.15) is 75.7 Å².